The number of piperazine rings is 1. The fourth-order valence-electron chi connectivity index (χ4n) is 4.59. The van der Waals surface area contributed by atoms with Crippen LogP contribution in [0, 0.1) is 17.2 Å². The number of rotatable bonds is 3. The molecule has 1 aromatic carbocycles. The monoisotopic (exact) mass is 390 g/mol. The van der Waals surface area contributed by atoms with Gasteiger partial charge in [0.05, 0.1) is 18.6 Å². The van der Waals surface area contributed by atoms with E-state index in [2.05, 4.69) is 10.2 Å². The third kappa shape index (κ3) is 3.30. The molecule has 3 fully saturated rings. The second kappa shape index (κ2) is 7.58. The molecule has 7 nitrogen and oxygen atoms in total. The predicted molar refractivity (Wildman–Crippen MR) is 103 cm³/mol. The number of carbonyl (C=O) groups is 2. The van der Waals surface area contributed by atoms with E-state index >= 15 is 0 Å². The maximum atomic E-state index is 13.4. The van der Waals surface area contributed by atoms with Gasteiger partial charge < -0.3 is 24.8 Å². The van der Waals surface area contributed by atoms with Gasteiger partial charge in [0, 0.05) is 57.4 Å². The first-order chi connectivity index (χ1) is 13.5. The zero-order valence-electron chi connectivity index (χ0n) is 16.2. The molecule has 3 aliphatic rings. The Morgan fingerprint density at radius 2 is 1.89 bits per heavy atom. The average molecular weight is 390 g/mol. The van der Waals surface area contributed by atoms with Gasteiger partial charge >= 0.3 is 6.03 Å². The van der Waals surface area contributed by atoms with Gasteiger partial charge in [0.1, 0.15) is 5.82 Å². The van der Waals surface area contributed by atoms with Crippen molar-refractivity contribution < 1.29 is 18.7 Å². The first-order valence-electron chi connectivity index (χ1n) is 9.94. The van der Waals surface area contributed by atoms with Gasteiger partial charge in [-0.1, -0.05) is 0 Å². The van der Waals surface area contributed by atoms with Crippen LogP contribution in [-0.2, 0) is 9.53 Å². The molecule has 3 saturated heterocycles. The number of hydrogen-bond acceptors (Lipinski definition) is 4. The second-order valence-electron chi connectivity index (χ2n) is 7.84. The minimum Gasteiger partial charge on any atom is -0.380 e. The fraction of sp³-hybridized carbons (Fsp3) is 0.600. The van der Waals surface area contributed by atoms with Crippen LogP contribution in [0.2, 0.25) is 0 Å². The predicted octanol–water partition coefficient (Wildman–Crippen LogP) is 1.15. The molecule has 4 rings (SSSR count). The van der Waals surface area contributed by atoms with Crippen LogP contribution in [0.15, 0.2) is 24.3 Å². The highest BCUT2D eigenvalue weighted by atomic mass is 19.1. The van der Waals surface area contributed by atoms with Crippen LogP contribution in [0.25, 0.3) is 0 Å². The SMILES string of the molecule is CCNC(=O)N1C[C@@H]2COC[C@]2(C(=O)N2CCN(c3ccc(F)cc3)CC2)C1. The second-order valence-corrected chi connectivity index (χ2v) is 7.84. The molecule has 8 heteroatoms. The van der Waals surface area contributed by atoms with E-state index in [1.54, 1.807) is 17.0 Å². The molecule has 0 bridgehead atoms. The molecule has 0 aromatic heterocycles. The third-order valence-corrected chi connectivity index (χ3v) is 6.17. The van der Waals surface area contributed by atoms with Crippen LogP contribution in [-0.4, -0.2) is 80.8 Å². The van der Waals surface area contributed by atoms with Crippen molar-refractivity contribution in [2.24, 2.45) is 11.3 Å². The number of nitrogens with one attached hydrogen (secondary N) is 1. The number of ether oxygens (including phenoxy) is 1. The zero-order chi connectivity index (χ0) is 19.7. The summed E-state index contributed by atoms with van der Waals surface area (Å²) in [6, 6.07) is 6.35. The zero-order valence-corrected chi connectivity index (χ0v) is 16.2. The van der Waals surface area contributed by atoms with Crippen LogP contribution < -0.4 is 10.2 Å². The van der Waals surface area contributed by atoms with Gasteiger partial charge in [-0.05, 0) is 31.2 Å². The van der Waals surface area contributed by atoms with Crippen molar-refractivity contribution in [2.75, 3.05) is 63.9 Å². The number of likely N-dealkylation sites (tertiary alicyclic amines) is 1. The number of carbonyl (C=O) groups excluding carboxylic acids is 2. The summed E-state index contributed by atoms with van der Waals surface area (Å²) in [4.78, 5) is 31.5. The molecule has 0 radical (unpaired) electrons. The average Bonchev–Trinajstić information content (AvgIpc) is 3.27. The Labute approximate surface area is 164 Å². The third-order valence-electron chi connectivity index (χ3n) is 6.17. The van der Waals surface area contributed by atoms with Crippen LogP contribution in [0.5, 0.6) is 0 Å². The molecular weight excluding hydrogens is 363 g/mol. The van der Waals surface area contributed by atoms with E-state index in [0.717, 1.165) is 5.69 Å². The number of fused-ring (bicyclic) bond motifs is 1. The lowest BCUT2D eigenvalue weighted by Gasteiger charge is -2.40. The number of hydrogen-bond donors (Lipinski definition) is 1. The summed E-state index contributed by atoms with van der Waals surface area (Å²) in [5, 5.41) is 2.83. The van der Waals surface area contributed by atoms with Crippen molar-refractivity contribution in [3.63, 3.8) is 0 Å². The van der Waals surface area contributed by atoms with E-state index in [1.807, 2.05) is 11.8 Å². The standard InChI is InChI=1S/C20H27FN4O3/c1-2-22-19(27)25-11-15-12-28-14-20(15,13-25)18(26)24-9-7-23(8-10-24)17-5-3-16(21)4-6-17/h3-6,15H,2,7-14H2,1H3,(H,22,27)/t15-,20-/m1/s1. The lowest BCUT2D eigenvalue weighted by Crippen LogP contribution is -2.55. The van der Waals surface area contributed by atoms with Crippen molar-refractivity contribution in [3.8, 4) is 0 Å². The summed E-state index contributed by atoms with van der Waals surface area (Å²) < 4.78 is 18.8. The highest BCUT2D eigenvalue weighted by molar-refractivity contribution is 5.86. The van der Waals surface area contributed by atoms with E-state index < -0.39 is 5.41 Å². The van der Waals surface area contributed by atoms with E-state index in [4.69, 9.17) is 4.74 Å². The van der Waals surface area contributed by atoms with Crippen molar-refractivity contribution >= 4 is 17.6 Å². The Bertz CT molecular complexity index is 735. The number of nitrogens with zero attached hydrogens (tertiary/aromatic N) is 3. The van der Waals surface area contributed by atoms with Gasteiger partial charge in [-0.3, -0.25) is 4.79 Å². The van der Waals surface area contributed by atoms with Crippen LogP contribution in [0.4, 0.5) is 14.9 Å². The van der Waals surface area contributed by atoms with Crippen molar-refractivity contribution in [1.82, 2.24) is 15.1 Å². The molecular formula is C20H27FN4O3. The van der Waals surface area contributed by atoms with Gasteiger partial charge in [-0.15, -0.1) is 0 Å². The largest absolute Gasteiger partial charge is 0.380 e. The molecule has 3 amide bonds. The first-order valence-corrected chi connectivity index (χ1v) is 9.94. The van der Waals surface area contributed by atoms with E-state index in [9.17, 15) is 14.0 Å². The summed E-state index contributed by atoms with van der Waals surface area (Å²) >= 11 is 0. The lowest BCUT2D eigenvalue weighted by molar-refractivity contribution is -0.143. The van der Waals surface area contributed by atoms with E-state index in [-0.39, 0.29) is 23.7 Å². The topological polar surface area (TPSA) is 65.1 Å². The maximum Gasteiger partial charge on any atom is 0.317 e. The summed E-state index contributed by atoms with van der Waals surface area (Å²) in [6.45, 7) is 6.99. The Balaban J connectivity index is 1.41. The summed E-state index contributed by atoms with van der Waals surface area (Å²) in [5.74, 6) is -0.0971. The molecule has 3 aliphatic heterocycles. The molecule has 1 N–H and O–H groups in total. The first kappa shape index (κ1) is 19.0. The molecule has 28 heavy (non-hydrogen) atoms. The normalized spacial score (nSPS) is 27.1. The smallest absolute Gasteiger partial charge is 0.317 e. The summed E-state index contributed by atoms with van der Waals surface area (Å²) in [5.41, 5.74) is 0.348. The van der Waals surface area contributed by atoms with E-state index in [1.165, 1.54) is 12.1 Å². The quantitative estimate of drug-likeness (QED) is 0.841. The summed E-state index contributed by atoms with van der Waals surface area (Å²) in [6.07, 6.45) is 0. The van der Waals surface area contributed by atoms with Gasteiger partial charge in [0.2, 0.25) is 5.91 Å². The van der Waals surface area contributed by atoms with Crippen molar-refractivity contribution in [1.29, 1.82) is 0 Å². The van der Waals surface area contributed by atoms with Crippen LogP contribution in [0.3, 0.4) is 0 Å². The van der Waals surface area contributed by atoms with Crippen LogP contribution >= 0.6 is 0 Å². The Morgan fingerprint density at radius 3 is 2.57 bits per heavy atom. The molecule has 0 unspecified atom stereocenters. The molecule has 0 saturated carbocycles. The lowest BCUT2D eigenvalue weighted by atomic mass is 9.79. The number of benzene rings is 1. The summed E-state index contributed by atoms with van der Waals surface area (Å²) in [7, 11) is 0. The Kier molecular flexibility index (Phi) is 5.14. The van der Waals surface area contributed by atoms with Gasteiger partial charge in [-0.2, -0.15) is 0 Å². The number of anilines is 1. The van der Waals surface area contributed by atoms with Crippen molar-refractivity contribution in [3.05, 3.63) is 30.1 Å². The van der Waals surface area contributed by atoms with Gasteiger partial charge in [0.15, 0.2) is 0 Å². The van der Waals surface area contributed by atoms with Gasteiger partial charge in [-0.25, -0.2) is 9.18 Å². The Hall–Kier alpha value is -2.35. The number of halogens is 1. The molecule has 3 heterocycles. The van der Waals surface area contributed by atoms with E-state index in [0.29, 0.717) is 59.0 Å². The van der Waals surface area contributed by atoms with Gasteiger partial charge in [0.25, 0.3) is 0 Å². The Morgan fingerprint density at radius 1 is 1.18 bits per heavy atom. The van der Waals surface area contributed by atoms with Crippen LogP contribution in [0.1, 0.15) is 6.92 Å². The minimum atomic E-state index is -0.622. The molecule has 1 aromatic rings. The van der Waals surface area contributed by atoms with Crippen molar-refractivity contribution in [2.45, 2.75) is 6.92 Å². The number of urea groups is 1. The fourth-order valence-corrected chi connectivity index (χ4v) is 4.59. The molecule has 152 valence electrons. The highest BCUT2D eigenvalue weighted by Gasteiger charge is 2.58. The maximum absolute atomic E-state index is 13.4. The minimum absolute atomic E-state index is 0.0535. The highest BCUT2D eigenvalue weighted by Crippen LogP contribution is 2.43. The molecule has 0 aliphatic carbocycles. The molecule has 2 atom stereocenters. The molecule has 0 spiro atoms. The number of amides is 3.